The average Bonchev–Trinajstić information content (AvgIpc) is 2.84. The molecule has 0 aliphatic heterocycles. The lowest BCUT2D eigenvalue weighted by atomic mass is 9.87. The van der Waals surface area contributed by atoms with Crippen molar-refractivity contribution in [1.29, 1.82) is 0 Å². The summed E-state index contributed by atoms with van der Waals surface area (Å²) in [5.74, 6) is 1.58. The van der Waals surface area contributed by atoms with E-state index in [1.165, 1.54) is 32.1 Å². The number of nitrogens with two attached hydrogens (primary N) is 1. The SMILES string of the molecule is CC(Oc1nc(-c2ccccc2)ccc1NCC(N)CS)C(=O)NCCC1CCCCC1. The predicted molar refractivity (Wildman–Crippen MR) is 134 cm³/mol. The topological polar surface area (TPSA) is 89.3 Å². The minimum Gasteiger partial charge on any atom is -0.463 e. The molecule has 1 aliphatic carbocycles. The third kappa shape index (κ3) is 7.41. The fourth-order valence-electron chi connectivity index (χ4n) is 3.98. The molecule has 3 rings (SSSR count). The minimum absolute atomic E-state index is 0.0968. The van der Waals surface area contributed by atoms with E-state index in [0.717, 1.165) is 23.6 Å². The van der Waals surface area contributed by atoms with Gasteiger partial charge in [-0.3, -0.25) is 4.79 Å². The summed E-state index contributed by atoms with van der Waals surface area (Å²) in [6.45, 7) is 2.99. The summed E-state index contributed by atoms with van der Waals surface area (Å²) in [5, 5.41) is 6.31. The fourth-order valence-corrected chi connectivity index (χ4v) is 4.11. The number of amides is 1. The van der Waals surface area contributed by atoms with Crippen molar-refractivity contribution in [3.63, 3.8) is 0 Å². The van der Waals surface area contributed by atoms with Gasteiger partial charge in [-0.15, -0.1) is 0 Å². The molecule has 1 fully saturated rings. The van der Waals surface area contributed by atoms with Crippen molar-refractivity contribution in [2.75, 3.05) is 24.2 Å². The van der Waals surface area contributed by atoms with Gasteiger partial charge in [0.05, 0.1) is 11.4 Å². The molecule has 1 aliphatic rings. The van der Waals surface area contributed by atoms with Gasteiger partial charge in [0, 0.05) is 30.4 Å². The molecule has 0 saturated heterocycles. The number of benzene rings is 1. The second-order valence-electron chi connectivity index (χ2n) is 8.58. The van der Waals surface area contributed by atoms with Gasteiger partial charge in [0.2, 0.25) is 5.88 Å². The number of pyridine rings is 1. The van der Waals surface area contributed by atoms with Crippen LogP contribution >= 0.6 is 12.6 Å². The summed E-state index contributed by atoms with van der Waals surface area (Å²) in [6.07, 6.45) is 6.91. The standard InChI is InChI=1S/C25H36N4O2S/c1-18(24(30)27-15-14-19-8-4-2-5-9-19)31-25-23(28-16-21(26)17-32)13-12-22(29-25)20-10-6-3-7-11-20/h3,6-7,10-13,18-19,21,28,32H,2,4-5,8-9,14-17,26H2,1H3,(H,27,30). The Morgan fingerprint density at radius 1 is 1.19 bits per heavy atom. The number of hydrogen-bond acceptors (Lipinski definition) is 6. The van der Waals surface area contributed by atoms with Crippen molar-refractivity contribution >= 4 is 24.2 Å². The molecule has 32 heavy (non-hydrogen) atoms. The molecule has 0 spiro atoms. The third-order valence-corrected chi connectivity index (χ3v) is 6.42. The highest BCUT2D eigenvalue weighted by Crippen LogP contribution is 2.28. The molecule has 2 atom stereocenters. The maximum absolute atomic E-state index is 12.7. The molecule has 2 unspecified atom stereocenters. The lowest BCUT2D eigenvalue weighted by Gasteiger charge is -2.22. The smallest absolute Gasteiger partial charge is 0.260 e. The average molecular weight is 457 g/mol. The molecule has 1 heterocycles. The van der Waals surface area contributed by atoms with Gasteiger partial charge in [-0.1, -0.05) is 62.4 Å². The molecule has 1 aromatic carbocycles. The zero-order valence-electron chi connectivity index (χ0n) is 18.9. The molecular formula is C25H36N4O2S. The summed E-state index contributed by atoms with van der Waals surface area (Å²) in [7, 11) is 0. The van der Waals surface area contributed by atoms with E-state index < -0.39 is 6.10 Å². The van der Waals surface area contributed by atoms with Crippen molar-refractivity contribution in [3.05, 3.63) is 42.5 Å². The van der Waals surface area contributed by atoms with Gasteiger partial charge >= 0.3 is 0 Å². The summed E-state index contributed by atoms with van der Waals surface area (Å²) < 4.78 is 6.03. The number of nitrogens with zero attached hydrogens (tertiary/aromatic N) is 1. The summed E-state index contributed by atoms with van der Waals surface area (Å²) in [4.78, 5) is 17.4. The third-order valence-electron chi connectivity index (χ3n) is 5.95. The number of carbonyl (C=O) groups excluding carboxylic acids is 1. The van der Waals surface area contributed by atoms with E-state index in [9.17, 15) is 4.79 Å². The number of anilines is 1. The van der Waals surface area contributed by atoms with E-state index in [1.807, 2.05) is 42.5 Å². The molecular weight excluding hydrogens is 420 g/mol. The first kappa shape index (κ1) is 24.4. The Bertz CT molecular complexity index is 843. The van der Waals surface area contributed by atoms with Crippen LogP contribution in [0.15, 0.2) is 42.5 Å². The molecule has 4 N–H and O–H groups in total. The lowest BCUT2D eigenvalue weighted by Crippen LogP contribution is -2.37. The second kappa shape index (κ2) is 12.7. The van der Waals surface area contributed by atoms with Crippen molar-refractivity contribution in [3.8, 4) is 17.1 Å². The van der Waals surface area contributed by atoms with Gasteiger partial charge in [0.15, 0.2) is 6.10 Å². The molecule has 7 heteroatoms. The molecule has 2 aromatic rings. The van der Waals surface area contributed by atoms with Gasteiger partial charge in [0.25, 0.3) is 5.91 Å². The Kier molecular flexibility index (Phi) is 9.68. The number of thiol groups is 1. The maximum atomic E-state index is 12.7. The Labute approximate surface area is 197 Å². The van der Waals surface area contributed by atoms with E-state index in [0.29, 0.717) is 30.4 Å². The first-order chi connectivity index (χ1) is 15.6. The molecule has 1 amide bonds. The van der Waals surface area contributed by atoms with Crippen molar-refractivity contribution in [2.24, 2.45) is 11.7 Å². The van der Waals surface area contributed by atoms with Gasteiger partial charge in [-0.05, 0) is 31.4 Å². The van der Waals surface area contributed by atoms with Gasteiger partial charge in [0.1, 0.15) is 0 Å². The van der Waals surface area contributed by atoms with Crippen LogP contribution in [-0.4, -0.2) is 41.9 Å². The number of nitrogens with one attached hydrogen (secondary N) is 2. The molecule has 174 valence electrons. The Hall–Kier alpha value is -2.25. The molecule has 0 bridgehead atoms. The van der Waals surface area contributed by atoms with Crippen LogP contribution in [0.4, 0.5) is 5.69 Å². The first-order valence-corrected chi connectivity index (χ1v) is 12.3. The van der Waals surface area contributed by atoms with E-state index >= 15 is 0 Å². The summed E-state index contributed by atoms with van der Waals surface area (Å²) in [6, 6.07) is 13.7. The number of ether oxygens (including phenoxy) is 1. The van der Waals surface area contributed by atoms with Crippen LogP contribution in [0, 0.1) is 5.92 Å². The zero-order valence-corrected chi connectivity index (χ0v) is 19.8. The van der Waals surface area contributed by atoms with E-state index in [-0.39, 0.29) is 11.9 Å². The largest absolute Gasteiger partial charge is 0.463 e. The zero-order chi connectivity index (χ0) is 22.8. The van der Waals surface area contributed by atoms with E-state index in [4.69, 9.17) is 15.5 Å². The summed E-state index contributed by atoms with van der Waals surface area (Å²) >= 11 is 4.24. The highest BCUT2D eigenvalue weighted by Gasteiger charge is 2.19. The van der Waals surface area contributed by atoms with Crippen LogP contribution in [0.25, 0.3) is 11.3 Å². The lowest BCUT2D eigenvalue weighted by molar-refractivity contribution is -0.127. The Balaban J connectivity index is 1.64. The minimum atomic E-state index is -0.654. The van der Waals surface area contributed by atoms with Crippen LogP contribution in [0.3, 0.4) is 0 Å². The number of hydrogen-bond donors (Lipinski definition) is 4. The predicted octanol–water partition coefficient (Wildman–Crippen LogP) is 4.27. The van der Waals surface area contributed by atoms with Crippen LogP contribution in [-0.2, 0) is 4.79 Å². The highest BCUT2D eigenvalue weighted by molar-refractivity contribution is 7.80. The number of rotatable bonds is 11. The van der Waals surface area contributed by atoms with Crippen molar-refractivity contribution < 1.29 is 9.53 Å². The number of aromatic nitrogens is 1. The fraction of sp³-hybridized carbons (Fsp3) is 0.520. The maximum Gasteiger partial charge on any atom is 0.260 e. The van der Waals surface area contributed by atoms with Crippen LogP contribution in [0.1, 0.15) is 45.4 Å². The summed E-state index contributed by atoms with van der Waals surface area (Å²) in [5.41, 5.74) is 8.48. The van der Waals surface area contributed by atoms with Gasteiger partial charge in [-0.2, -0.15) is 12.6 Å². The van der Waals surface area contributed by atoms with Crippen molar-refractivity contribution in [1.82, 2.24) is 10.3 Å². The van der Waals surface area contributed by atoms with Gasteiger partial charge < -0.3 is 21.1 Å². The van der Waals surface area contributed by atoms with Crippen LogP contribution in [0.5, 0.6) is 5.88 Å². The normalized spacial score (nSPS) is 16.2. The molecule has 1 aromatic heterocycles. The van der Waals surface area contributed by atoms with Crippen LogP contribution in [0.2, 0.25) is 0 Å². The highest BCUT2D eigenvalue weighted by atomic mass is 32.1. The number of carbonyl (C=O) groups is 1. The molecule has 6 nitrogen and oxygen atoms in total. The monoisotopic (exact) mass is 456 g/mol. The Morgan fingerprint density at radius 3 is 2.66 bits per heavy atom. The van der Waals surface area contributed by atoms with Crippen molar-refractivity contribution in [2.45, 2.75) is 57.6 Å². The van der Waals surface area contributed by atoms with Gasteiger partial charge in [-0.25, -0.2) is 4.98 Å². The Morgan fingerprint density at radius 2 is 1.94 bits per heavy atom. The molecule has 1 saturated carbocycles. The van der Waals surface area contributed by atoms with E-state index in [1.54, 1.807) is 6.92 Å². The second-order valence-corrected chi connectivity index (χ2v) is 8.95. The van der Waals surface area contributed by atoms with E-state index in [2.05, 4.69) is 23.3 Å². The quantitative estimate of drug-likeness (QED) is 0.379. The van der Waals surface area contributed by atoms with Crippen LogP contribution < -0.4 is 21.1 Å². The molecule has 0 radical (unpaired) electrons. The first-order valence-electron chi connectivity index (χ1n) is 11.7.